The van der Waals surface area contributed by atoms with Gasteiger partial charge >= 0.3 is 0 Å². The Morgan fingerprint density at radius 1 is 1.43 bits per heavy atom. The molecular formula is C9H12ClN3O. The number of hydrogen-bond donors (Lipinski definition) is 3. The van der Waals surface area contributed by atoms with E-state index in [1.165, 1.54) is 0 Å². The van der Waals surface area contributed by atoms with Gasteiger partial charge in [0.25, 0.3) is 0 Å². The van der Waals surface area contributed by atoms with E-state index in [-0.39, 0.29) is 5.96 Å². The van der Waals surface area contributed by atoms with Crippen molar-refractivity contribution in [2.24, 2.45) is 5.73 Å². The summed E-state index contributed by atoms with van der Waals surface area (Å²) in [7, 11) is 0. The number of nitrogens with one attached hydrogen (secondary N) is 1. The predicted octanol–water partition coefficient (Wildman–Crippen LogP) is 1.47. The van der Waals surface area contributed by atoms with Crippen molar-refractivity contribution in [3.8, 4) is 0 Å². The van der Waals surface area contributed by atoms with Crippen LogP contribution in [0.4, 0.5) is 0 Å². The summed E-state index contributed by atoms with van der Waals surface area (Å²) in [6.45, 7) is 0.303. The normalized spacial score (nSPS) is 9.86. The maximum atomic E-state index is 9.10. The maximum Gasteiger partial charge on any atom is 0.212 e. The molecule has 14 heavy (non-hydrogen) atoms. The lowest BCUT2D eigenvalue weighted by Gasteiger charge is -2.13. The Bertz CT molecular complexity index is 312. The Kier molecular flexibility index (Phi) is 3.73. The molecule has 4 nitrogen and oxygen atoms in total. The molecule has 0 amide bonds. The van der Waals surface area contributed by atoms with Crippen LogP contribution in [-0.2, 0) is 6.42 Å². The summed E-state index contributed by atoms with van der Waals surface area (Å²) in [5.74, 6) is -0.348. The molecule has 0 fully saturated rings. The van der Waals surface area contributed by atoms with E-state index in [2.05, 4.69) is 0 Å². The standard InChI is InChI=1S/C9H12ClN3O/c10-8-3-1-7(2-4-8)5-6-13(14)9(11)12/h1-4,14H,5-6H2,(H3,11,12). The zero-order chi connectivity index (χ0) is 10.6. The van der Waals surface area contributed by atoms with Crippen LogP contribution in [0, 0.1) is 5.41 Å². The van der Waals surface area contributed by atoms with Gasteiger partial charge in [0, 0.05) is 5.02 Å². The molecule has 0 radical (unpaired) electrons. The van der Waals surface area contributed by atoms with Crippen LogP contribution in [0.2, 0.25) is 5.02 Å². The second-order valence-electron chi connectivity index (χ2n) is 2.88. The van der Waals surface area contributed by atoms with E-state index in [1.54, 1.807) is 12.1 Å². The van der Waals surface area contributed by atoms with E-state index in [0.717, 1.165) is 5.56 Å². The van der Waals surface area contributed by atoms with Crippen molar-refractivity contribution in [3.05, 3.63) is 34.9 Å². The van der Waals surface area contributed by atoms with Gasteiger partial charge in [-0.15, -0.1) is 0 Å². The molecule has 0 bridgehead atoms. The Morgan fingerprint density at radius 2 is 2.00 bits per heavy atom. The number of hydrogen-bond acceptors (Lipinski definition) is 2. The molecule has 0 atom stereocenters. The molecule has 0 saturated heterocycles. The Balaban J connectivity index is 2.46. The summed E-state index contributed by atoms with van der Waals surface area (Å²) >= 11 is 5.71. The van der Waals surface area contributed by atoms with E-state index >= 15 is 0 Å². The van der Waals surface area contributed by atoms with Crippen LogP contribution in [0.1, 0.15) is 5.56 Å². The molecule has 5 heteroatoms. The van der Waals surface area contributed by atoms with Gasteiger partial charge in [-0.05, 0) is 24.1 Å². The van der Waals surface area contributed by atoms with Crippen LogP contribution in [0.5, 0.6) is 0 Å². The number of halogens is 1. The number of guanidine groups is 1. The van der Waals surface area contributed by atoms with E-state index in [9.17, 15) is 0 Å². The number of nitrogens with two attached hydrogens (primary N) is 1. The minimum Gasteiger partial charge on any atom is -0.368 e. The first kappa shape index (κ1) is 10.8. The van der Waals surface area contributed by atoms with E-state index in [0.29, 0.717) is 23.1 Å². The number of rotatable bonds is 3. The monoisotopic (exact) mass is 213 g/mol. The third-order valence-corrected chi connectivity index (χ3v) is 2.06. The van der Waals surface area contributed by atoms with E-state index in [4.69, 9.17) is 28.0 Å². The summed E-state index contributed by atoms with van der Waals surface area (Å²) < 4.78 is 0. The highest BCUT2D eigenvalue weighted by Gasteiger charge is 2.01. The zero-order valence-corrected chi connectivity index (χ0v) is 8.33. The van der Waals surface area contributed by atoms with Gasteiger partial charge in [-0.1, -0.05) is 23.7 Å². The van der Waals surface area contributed by atoms with Gasteiger partial charge in [-0.25, -0.2) is 5.06 Å². The van der Waals surface area contributed by atoms with Crippen molar-refractivity contribution in [2.75, 3.05) is 6.54 Å². The highest BCUT2D eigenvalue weighted by Crippen LogP contribution is 2.09. The molecular weight excluding hydrogens is 202 g/mol. The lowest BCUT2D eigenvalue weighted by Crippen LogP contribution is -2.34. The molecule has 1 aromatic carbocycles. The second-order valence-corrected chi connectivity index (χ2v) is 3.32. The molecule has 0 heterocycles. The summed E-state index contributed by atoms with van der Waals surface area (Å²) in [4.78, 5) is 0. The molecule has 0 aliphatic carbocycles. The molecule has 0 unspecified atom stereocenters. The molecule has 1 rings (SSSR count). The molecule has 1 aromatic rings. The van der Waals surface area contributed by atoms with Crippen molar-refractivity contribution in [1.82, 2.24) is 5.06 Å². The lowest BCUT2D eigenvalue weighted by molar-refractivity contribution is -0.0158. The molecule has 0 aliphatic heterocycles. The predicted molar refractivity (Wildman–Crippen MR) is 55.6 cm³/mol. The minimum absolute atomic E-state index is 0.303. The average molecular weight is 214 g/mol. The largest absolute Gasteiger partial charge is 0.368 e. The molecule has 0 aromatic heterocycles. The quantitative estimate of drug-likeness (QED) is 0.404. The fourth-order valence-corrected chi connectivity index (χ4v) is 1.13. The topological polar surface area (TPSA) is 73.3 Å². The number of benzene rings is 1. The summed E-state index contributed by atoms with van der Waals surface area (Å²) in [6.07, 6.45) is 0.618. The fourth-order valence-electron chi connectivity index (χ4n) is 1.01. The van der Waals surface area contributed by atoms with E-state index < -0.39 is 0 Å². The zero-order valence-electron chi connectivity index (χ0n) is 7.57. The third kappa shape index (κ3) is 3.24. The van der Waals surface area contributed by atoms with E-state index in [1.807, 2.05) is 12.1 Å². The first-order valence-electron chi connectivity index (χ1n) is 4.14. The van der Waals surface area contributed by atoms with Crippen LogP contribution in [0.15, 0.2) is 24.3 Å². The van der Waals surface area contributed by atoms with Gasteiger partial charge in [0.05, 0.1) is 6.54 Å². The van der Waals surface area contributed by atoms with Gasteiger partial charge in [-0.3, -0.25) is 10.6 Å². The highest BCUT2D eigenvalue weighted by atomic mass is 35.5. The first-order valence-corrected chi connectivity index (χ1v) is 4.52. The summed E-state index contributed by atoms with van der Waals surface area (Å²) in [6, 6.07) is 7.31. The Morgan fingerprint density at radius 3 is 2.50 bits per heavy atom. The van der Waals surface area contributed by atoms with Gasteiger partial charge in [0.1, 0.15) is 0 Å². The summed E-state index contributed by atoms with van der Waals surface area (Å²) in [5, 5.41) is 17.4. The van der Waals surface area contributed by atoms with Crippen molar-refractivity contribution in [3.63, 3.8) is 0 Å². The molecule has 76 valence electrons. The minimum atomic E-state index is -0.348. The first-order chi connectivity index (χ1) is 6.59. The fraction of sp³-hybridized carbons (Fsp3) is 0.222. The van der Waals surface area contributed by atoms with Crippen molar-refractivity contribution >= 4 is 17.6 Å². The van der Waals surface area contributed by atoms with Crippen LogP contribution in [0.25, 0.3) is 0 Å². The second kappa shape index (κ2) is 4.83. The van der Waals surface area contributed by atoms with Gasteiger partial charge in [0.15, 0.2) is 0 Å². The van der Waals surface area contributed by atoms with Crippen LogP contribution in [0.3, 0.4) is 0 Å². The smallest absolute Gasteiger partial charge is 0.212 e. The van der Waals surface area contributed by atoms with Gasteiger partial charge < -0.3 is 5.73 Å². The van der Waals surface area contributed by atoms with Crippen molar-refractivity contribution in [1.29, 1.82) is 5.41 Å². The molecule has 0 saturated carbocycles. The summed E-state index contributed by atoms with van der Waals surface area (Å²) in [5.41, 5.74) is 6.10. The lowest BCUT2D eigenvalue weighted by atomic mass is 10.1. The van der Waals surface area contributed by atoms with Crippen LogP contribution >= 0.6 is 11.6 Å². The van der Waals surface area contributed by atoms with Crippen LogP contribution in [-0.4, -0.2) is 22.8 Å². The van der Waals surface area contributed by atoms with Crippen LogP contribution < -0.4 is 5.73 Å². The maximum absolute atomic E-state index is 9.10. The average Bonchev–Trinajstić information content (AvgIpc) is 2.16. The Hall–Kier alpha value is -1.26. The molecule has 0 aliphatic rings. The number of nitrogens with zero attached hydrogens (tertiary/aromatic N) is 1. The number of hydroxylamine groups is 2. The van der Waals surface area contributed by atoms with Gasteiger partial charge in [0.2, 0.25) is 5.96 Å². The van der Waals surface area contributed by atoms with Gasteiger partial charge in [-0.2, -0.15) is 0 Å². The highest BCUT2D eigenvalue weighted by molar-refractivity contribution is 6.30. The van der Waals surface area contributed by atoms with Crippen molar-refractivity contribution < 1.29 is 5.21 Å². The Labute approximate surface area is 87.4 Å². The van der Waals surface area contributed by atoms with Crippen molar-refractivity contribution in [2.45, 2.75) is 6.42 Å². The molecule has 4 N–H and O–H groups in total. The SMILES string of the molecule is N=C(N)N(O)CCc1ccc(Cl)cc1. The third-order valence-electron chi connectivity index (χ3n) is 1.80. The molecule has 0 spiro atoms.